The summed E-state index contributed by atoms with van der Waals surface area (Å²) in [5, 5.41) is 3.26. The summed E-state index contributed by atoms with van der Waals surface area (Å²) in [7, 11) is 0. The second-order valence-corrected chi connectivity index (χ2v) is 7.76. The molecule has 1 aliphatic heterocycles. The fourth-order valence-corrected chi connectivity index (χ4v) is 3.68. The number of para-hydroxylation sites is 1. The van der Waals surface area contributed by atoms with E-state index in [1.54, 1.807) is 0 Å². The summed E-state index contributed by atoms with van der Waals surface area (Å²) in [5.74, 6) is 0.655. The van der Waals surface area contributed by atoms with Crippen LogP contribution in [0.3, 0.4) is 0 Å². The summed E-state index contributed by atoms with van der Waals surface area (Å²) in [6.45, 7) is 8.64. The Morgan fingerprint density at radius 3 is 2.11 bits per heavy atom. The van der Waals surface area contributed by atoms with Crippen LogP contribution in [0.25, 0.3) is 0 Å². The lowest BCUT2D eigenvalue weighted by Gasteiger charge is -2.36. The van der Waals surface area contributed by atoms with Crippen molar-refractivity contribution >= 4 is 11.6 Å². The number of amides is 1. The Bertz CT molecular complexity index is 694. The van der Waals surface area contributed by atoms with Gasteiger partial charge in [-0.05, 0) is 30.0 Å². The molecule has 0 aromatic heterocycles. The molecule has 1 N–H and O–H groups in total. The number of nitrogens with zero attached hydrogens (tertiary/aromatic N) is 2. The zero-order valence-corrected chi connectivity index (χ0v) is 16.5. The predicted molar refractivity (Wildman–Crippen MR) is 112 cm³/mol. The van der Waals surface area contributed by atoms with Crippen molar-refractivity contribution in [1.29, 1.82) is 0 Å². The van der Waals surface area contributed by atoms with Gasteiger partial charge in [0.1, 0.15) is 0 Å². The van der Waals surface area contributed by atoms with Gasteiger partial charge in [0.2, 0.25) is 5.91 Å². The van der Waals surface area contributed by atoms with E-state index in [1.807, 2.05) is 24.3 Å². The average Bonchev–Trinajstić information content (AvgIpc) is 2.69. The lowest BCUT2D eigenvalue weighted by molar-refractivity contribution is -0.123. The molecule has 4 nitrogen and oxygen atoms in total. The molecule has 0 unspecified atom stereocenters. The Labute approximate surface area is 163 Å². The number of carbonyl (C=O) groups is 1. The quantitative estimate of drug-likeness (QED) is 0.812. The number of benzene rings is 2. The fourth-order valence-electron chi connectivity index (χ4n) is 3.68. The minimum atomic E-state index is 0.0873. The van der Waals surface area contributed by atoms with E-state index in [9.17, 15) is 4.79 Å². The summed E-state index contributed by atoms with van der Waals surface area (Å²) in [4.78, 5) is 17.3. The van der Waals surface area contributed by atoms with Crippen LogP contribution in [0.4, 0.5) is 5.69 Å². The Balaban J connectivity index is 1.51. The molecule has 27 heavy (non-hydrogen) atoms. The van der Waals surface area contributed by atoms with Gasteiger partial charge in [-0.25, -0.2) is 0 Å². The molecule has 3 rings (SSSR count). The van der Waals surface area contributed by atoms with E-state index in [0.717, 1.165) is 32.6 Å². The highest BCUT2D eigenvalue weighted by Gasteiger charge is 2.21. The van der Waals surface area contributed by atoms with E-state index in [4.69, 9.17) is 0 Å². The highest BCUT2D eigenvalue weighted by atomic mass is 16.2. The molecule has 1 heterocycles. The first-order chi connectivity index (χ1) is 13.1. The van der Waals surface area contributed by atoms with Gasteiger partial charge in [0.05, 0.1) is 12.6 Å². The maximum atomic E-state index is 12.7. The maximum absolute atomic E-state index is 12.7. The van der Waals surface area contributed by atoms with Gasteiger partial charge >= 0.3 is 0 Å². The number of carbonyl (C=O) groups excluding carboxylic acids is 1. The third-order valence-electron chi connectivity index (χ3n) is 5.11. The first kappa shape index (κ1) is 19.4. The second-order valence-electron chi connectivity index (χ2n) is 7.76. The SMILES string of the molecule is CC(C)C[C@@H](NC(=O)CN1CCN(c2ccccc2)CC1)c1ccccc1. The Morgan fingerprint density at radius 1 is 0.926 bits per heavy atom. The van der Waals surface area contributed by atoms with Crippen LogP contribution in [0.2, 0.25) is 0 Å². The first-order valence-electron chi connectivity index (χ1n) is 9.98. The van der Waals surface area contributed by atoms with E-state index < -0.39 is 0 Å². The van der Waals surface area contributed by atoms with E-state index in [2.05, 4.69) is 65.4 Å². The third kappa shape index (κ3) is 5.83. The van der Waals surface area contributed by atoms with E-state index >= 15 is 0 Å². The van der Waals surface area contributed by atoms with Gasteiger partial charge in [-0.1, -0.05) is 62.4 Å². The van der Waals surface area contributed by atoms with Gasteiger partial charge in [-0.3, -0.25) is 9.69 Å². The molecule has 2 aromatic carbocycles. The van der Waals surface area contributed by atoms with Gasteiger partial charge in [0, 0.05) is 31.9 Å². The smallest absolute Gasteiger partial charge is 0.234 e. The molecule has 1 aliphatic rings. The summed E-state index contributed by atoms with van der Waals surface area (Å²) in [6, 6.07) is 20.9. The van der Waals surface area contributed by atoms with E-state index in [0.29, 0.717) is 12.5 Å². The predicted octanol–water partition coefficient (Wildman–Crippen LogP) is 3.71. The lowest BCUT2D eigenvalue weighted by Crippen LogP contribution is -2.49. The topological polar surface area (TPSA) is 35.6 Å². The summed E-state index contributed by atoms with van der Waals surface area (Å²) in [6.07, 6.45) is 0.956. The highest BCUT2D eigenvalue weighted by Crippen LogP contribution is 2.21. The van der Waals surface area contributed by atoms with Crippen LogP contribution in [0.5, 0.6) is 0 Å². The van der Waals surface area contributed by atoms with E-state index in [-0.39, 0.29) is 11.9 Å². The van der Waals surface area contributed by atoms with Gasteiger partial charge in [-0.15, -0.1) is 0 Å². The van der Waals surface area contributed by atoms with Crippen molar-refractivity contribution < 1.29 is 4.79 Å². The maximum Gasteiger partial charge on any atom is 0.234 e. The molecule has 1 atom stereocenters. The number of anilines is 1. The zero-order valence-electron chi connectivity index (χ0n) is 16.5. The standard InChI is InChI=1S/C23H31N3O/c1-19(2)17-22(20-9-5-3-6-10-20)24-23(27)18-25-13-15-26(16-14-25)21-11-7-4-8-12-21/h3-12,19,22H,13-18H2,1-2H3,(H,24,27)/t22-/m1/s1. The Hall–Kier alpha value is -2.33. The van der Waals surface area contributed by atoms with Crippen LogP contribution in [-0.2, 0) is 4.79 Å². The van der Waals surface area contributed by atoms with E-state index in [1.165, 1.54) is 11.3 Å². The van der Waals surface area contributed by atoms with Crippen molar-refractivity contribution in [2.45, 2.75) is 26.3 Å². The van der Waals surface area contributed by atoms with Crippen molar-refractivity contribution in [3.8, 4) is 0 Å². The number of piperazine rings is 1. The molecule has 1 saturated heterocycles. The molecular weight excluding hydrogens is 334 g/mol. The summed E-state index contributed by atoms with van der Waals surface area (Å²) in [5.41, 5.74) is 2.45. The van der Waals surface area contributed by atoms with Crippen molar-refractivity contribution in [3.05, 3.63) is 66.2 Å². The van der Waals surface area contributed by atoms with Gasteiger partial charge < -0.3 is 10.2 Å². The minimum absolute atomic E-state index is 0.0873. The van der Waals surface area contributed by atoms with Crippen molar-refractivity contribution in [3.63, 3.8) is 0 Å². The molecule has 0 radical (unpaired) electrons. The first-order valence-corrected chi connectivity index (χ1v) is 9.98. The monoisotopic (exact) mass is 365 g/mol. The van der Waals surface area contributed by atoms with Crippen molar-refractivity contribution in [2.75, 3.05) is 37.6 Å². The highest BCUT2D eigenvalue weighted by molar-refractivity contribution is 5.78. The summed E-state index contributed by atoms with van der Waals surface area (Å²) >= 11 is 0. The second kappa shape index (κ2) is 9.56. The molecule has 0 aliphatic carbocycles. The third-order valence-corrected chi connectivity index (χ3v) is 5.11. The molecule has 1 fully saturated rings. The minimum Gasteiger partial charge on any atom is -0.369 e. The lowest BCUT2D eigenvalue weighted by atomic mass is 9.97. The number of nitrogens with one attached hydrogen (secondary N) is 1. The average molecular weight is 366 g/mol. The number of rotatable bonds is 7. The fraction of sp³-hybridized carbons (Fsp3) is 0.435. The largest absolute Gasteiger partial charge is 0.369 e. The van der Waals surface area contributed by atoms with Crippen LogP contribution >= 0.6 is 0 Å². The molecule has 4 heteroatoms. The molecule has 0 bridgehead atoms. The van der Waals surface area contributed by atoms with Crippen molar-refractivity contribution in [2.24, 2.45) is 5.92 Å². The van der Waals surface area contributed by atoms with Gasteiger partial charge in [0.25, 0.3) is 0 Å². The Kier molecular flexibility index (Phi) is 6.88. The zero-order chi connectivity index (χ0) is 19.1. The number of hydrogen-bond acceptors (Lipinski definition) is 3. The van der Waals surface area contributed by atoms with Crippen LogP contribution in [0, 0.1) is 5.92 Å². The molecule has 144 valence electrons. The van der Waals surface area contributed by atoms with Crippen LogP contribution in [0.15, 0.2) is 60.7 Å². The summed E-state index contributed by atoms with van der Waals surface area (Å²) < 4.78 is 0. The Morgan fingerprint density at radius 2 is 1.52 bits per heavy atom. The van der Waals surface area contributed by atoms with Gasteiger partial charge in [0.15, 0.2) is 0 Å². The molecule has 2 aromatic rings. The molecule has 1 amide bonds. The molecule has 0 saturated carbocycles. The molecular formula is C23H31N3O. The normalized spacial score (nSPS) is 16.3. The van der Waals surface area contributed by atoms with Crippen molar-refractivity contribution in [1.82, 2.24) is 10.2 Å². The van der Waals surface area contributed by atoms with Crippen LogP contribution < -0.4 is 10.2 Å². The number of hydrogen-bond donors (Lipinski definition) is 1. The molecule has 0 spiro atoms. The van der Waals surface area contributed by atoms with Crippen LogP contribution in [0.1, 0.15) is 31.9 Å². The van der Waals surface area contributed by atoms with Gasteiger partial charge in [-0.2, -0.15) is 0 Å². The van der Waals surface area contributed by atoms with Crippen LogP contribution in [-0.4, -0.2) is 43.5 Å².